The summed E-state index contributed by atoms with van der Waals surface area (Å²) in [4.78, 5) is 11.9. The van der Waals surface area contributed by atoms with E-state index < -0.39 is 0 Å². The van der Waals surface area contributed by atoms with Crippen LogP contribution in [0.2, 0.25) is 0 Å². The molecule has 0 atom stereocenters. The van der Waals surface area contributed by atoms with Crippen molar-refractivity contribution in [2.24, 2.45) is 5.10 Å². The van der Waals surface area contributed by atoms with Gasteiger partial charge in [0.1, 0.15) is 5.75 Å². The van der Waals surface area contributed by atoms with Gasteiger partial charge in [0.05, 0.1) is 12.8 Å². The quantitative estimate of drug-likeness (QED) is 0.676. The largest absolute Gasteiger partial charge is 0.493 e. The molecule has 4 heteroatoms. The number of rotatable bonds is 5. The summed E-state index contributed by atoms with van der Waals surface area (Å²) < 4.78 is 5.49. The molecule has 0 fully saturated rings. The van der Waals surface area contributed by atoms with Crippen molar-refractivity contribution in [3.05, 3.63) is 65.2 Å². The highest BCUT2D eigenvalue weighted by atomic mass is 16.5. The minimum atomic E-state index is -0.233. The van der Waals surface area contributed by atoms with E-state index in [1.54, 1.807) is 12.3 Å². The Bertz CT molecular complexity index is 651. The molecule has 1 N–H and O–H groups in total. The highest BCUT2D eigenvalue weighted by molar-refractivity contribution is 5.95. The first-order chi connectivity index (χ1) is 10.2. The second-order valence-electron chi connectivity index (χ2n) is 4.54. The Balaban J connectivity index is 2.04. The first kappa shape index (κ1) is 14.8. The zero-order valence-electron chi connectivity index (χ0n) is 12.2. The molecular formula is C17H18N2O2. The topological polar surface area (TPSA) is 50.7 Å². The Morgan fingerprint density at radius 1 is 1.24 bits per heavy atom. The van der Waals surface area contributed by atoms with E-state index in [4.69, 9.17) is 4.74 Å². The molecular weight excluding hydrogens is 264 g/mol. The number of nitrogens with one attached hydrogen (secondary N) is 1. The summed E-state index contributed by atoms with van der Waals surface area (Å²) in [6, 6.07) is 14.9. The van der Waals surface area contributed by atoms with Gasteiger partial charge in [-0.1, -0.05) is 29.8 Å². The predicted molar refractivity (Wildman–Crippen MR) is 83.9 cm³/mol. The molecule has 21 heavy (non-hydrogen) atoms. The van der Waals surface area contributed by atoms with Gasteiger partial charge < -0.3 is 4.74 Å². The minimum absolute atomic E-state index is 0.233. The fraction of sp³-hybridized carbons (Fsp3) is 0.176. The van der Waals surface area contributed by atoms with Crippen LogP contribution in [0.4, 0.5) is 0 Å². The summed E-state index contributed by atoms with van der Waals surface area (Å²) in [6.07, 6.45) is 1.58. The molecule has 2 aromatic carbocycles. The number of hydrazone groups is 1. The molecule has 0 saturated carbocycles. The number of carbonyl (C=O) groups excluding carboxylic acids is 1. The fourth-order valence-corrected chi connectivity index (χ4v) is 1.89. The highest BCUT2D eigenvalue weighted by Crippen LogP contribution is 2.15. The zero-order valence-corrected chi connectivity index (χ0v) is 12.2. The number of para-hydroxylation sites is 1. The second-order valence-corrected chi connectivity index (χ2v) is 4.54. The van der Waals surface area contributed by atoms with E-state index in [9.17, 15) is 4.79 Å². The Kier molecular flexibility index (Phi) is 5.10. The summed E-state index contributed by atoms with van der Waals surface area (Å²) in [5.41, 5.74) is 4.97. The summed E-state index contributed by atoms with van der Waals surface area (Å²) in [7, 11) is 0. The van der Waals surface area contributed by atoms with Crippen LogP contribution in [-0.4, -0.2) is 18.7 Å². The van der Waals surface area contributed by atoms with Crippen LogP contribution in [0, 0.1) is 6.92 Å². The van der Waals surface area contributed by atoms with Gasteiger partial charge in [-0.15, -0.1) is 0 Å². The molecule has 0 radical (unpaired) electrons. The molecule has 108 valence electrons. The van der Waals surface area contributed by atoms with E-state index in [2.05, 4.69) is 10.5 Å². The molecule has 0 aliphatic heterocycles. The van der Waals surface area contributed by atoms with Crippen LogP contribution in [0.15, 0.2) is 53.6 Å². The summed E-state index contributed by atoms with van der Waals surface area (Å²) in [5, 5.41) is 3.99. The van der Waals surface area contributed by atoms with Crippen molar-refractivity contribution < 1.29 is 9.53 Å². The van der Waals surface area contributed by atoms with Crippen LogP contribution in [0.25, 0.3) is 0 Å². The maximum absolute atomic E-state index is 11.9. The summed E-state index contributed by atoms with van der Waals surface area (Å²) in [6.45, 7) is 4.45. The van der Waals surface area contributed by atoms with Gasteiger partial charge in [0.2, 0.25) is 0 Å². The molecule has 0 bridgehead atoms. The molecule has 0 spiro atoms. The summed E-state index contributed by atoms with van der Waals surface area (Å²) in [5.74, 6) is 0.511. The Labute approximate surface area is 124 Å². The van der Waals surface area contributed by atoms with Crippen LogP contribution in [0.1, 0.15) is 28.4 Å². The fourth-order valence-electron chi connectivity index (χ4n) is 1.89. The SMILES string of the molecule is CCOc1ccccc1C=NNC(=O)c1cccc(C)c1. The third kappa shape index (κ3) is 4.18. The van der Waals surface area contributed by atoms with Gasteiger partial charge in [-0.25, -0.2) is 5.43 Å². The average Bonchev–Trinajstić information content (AvgIpc) is 2.49. The second kappa shape index (κ2) is 7.24. The van der Waals surface area contributed by atoms with Gasteiger partial charge in [0, 0.05) is 11.1 Å². The van der Waals surface area contributed by atoms with Crippen molar-refractivity contribution in [2.45, 2.75) is 13.8 Å². The van der Waals surface area contributed by atoms with Gasteiger partial charge in [0.25, 0.3) is 5.91 Å². The molecule has 0 saturated heterocycles. The van der Waals surface area contributed by atoms with Gasteiger partial charge in [0.15, 0.2) is 0 Å². The smallest absolute Gasteiger partial charge is 0.271 e. The van der Waals surface area contributed by atoms with Gasteiger partial charge in [-0.2, -0.15) is 5.10 Å². The first-order valence-electron chi connectivity index (χ1n) is 6.82. The Hall–Kier alpha value is -2.62. The van der Waals surface area contributed by atoms with Crippen LogP contribution in [0.5, 0.6) is 5.75 Å². The molecule has 0 aliphatic carbocycles. The van der Waals surface area contributed by atoms with Crippen molar-refractivity contribution in [1.82, 2.24) is 5.43 Å². The van der Waals surface area contributed by atoms with Gasteiger partial charge in [-0.3, -0.25) is 4.79 Å². The van der Waals surface area contributed by atoms with E-state index in [0.717, 1.165) is 16.9 Å². The zero-order chi connectivity index (χ0) is 15.1. The maximum atomic E-state index is 11.9. The van der Waals surface area contributed by atoms with E-state index in [-0.39, 0.29) is 5.91 Å². The molecule has 2 rings (SSSR count). The van der Waals surface area contributed by atoms with Crippen molar-refractivity contribution >= 4 is 12.1 Å². The lowest BCUT2D eigenvalue weighted by Crippen LogP contribution is -2.17. The third-order valence-corrected chi connectivity index (χ3v) is 2.87. The van der Waals surface area contributed by atoms with Crippen molar-refractivity contribution in [2.75, 3.05) is 6.61 Å². The molecule has 2 aromatic rings. The van der Waals surface area contributed by atoms with Crippen LogP contribution < -0.4 is 10.2 Å². The number of nitrogens with zero attached hydrogens (tertiary/aromatic N) is 1. The number of hydrogen-bond acceptors (Lipinski definition) is 3. The maximum Gasteiger partial charge on any atom is 0.271 e. The van der Waals surface area contributed by atoms with Crippen molar-refractivity contribution in [3.8, 4) is 5.75 Å². The first-order valence-corrected chi connectivity index (χ1v) is 6.82. The lowest BCUT2D eigenvalue weighted by atomic mass is 10.1. The number of aryl methyl sites for hydroxylation is 1. The van der Waals surface area contributed by atoms with Crippen LogP contribution in [0.3, 0.4) is 0 Å². The number of carbonyl (C=O) groups is 1. The highest BCUT2D eigenvalue weighted by Gasteiger charge is 2.04. The van der Waals surface area contributed by atoms with Crippen molar-refractivity contribution in [3.63, 3.8) is 0 Å². The molecule has 0 heterocycles. The Morgan fingerprint density at radius 2 is 2.05 bits per heavy atom. The molecule has 0 unspecified atom stereocenters. The Morgan fingerprint density at radius 3 is 2.81 bits per heavy atom. The molecule has 0 aromatic heterocycles. The third-order valence-electron chi connectivity index (χ3n) is 2.87. The van der Waals surface area contributed by atoms with E-state index >= 15 is 0 Å². The monoisotopic (exact) mass is 282 g/mol. The lowest BCUT2D eigenvalue weighted by Gasteiger charge is -2.06. The van der Waals surface area contributed by atoms with Crippen LogP contribution in [-0.2, 0) is 0 Å². The summed E-state index contributed by atoms with van der Waals surface area (Å²) >= 11 is 0. The molecule has 4 nitrogen and oxygen atoms in total. The number of benzene rings is 2. The van der Waals surface area contributed by atoms with E-state index in [1.807, 2.05) is 56.3 Å². The average molecular weight is 282 g/mol. The van der Waals surface area contributed by atoms with Gasteiger partial charge >= 0.3 is 0 Å². The molecule has 1 amide bonds. The van der Waals surface area contributed by atoms with Gasteiger partial charge in [-0.05, 0) is 38.1 Å². The van der Waals surface area contributed by atoms with E-state index in [0.29, 0.717) is 12.2 Å². The minimum Gasteiger partial charge on any atom is -0.493 e. The number of ether oxygens (including phenoxy) is 1. The lowest BCUT2D eigenvalue weighted by molar-refractivity contribution is 0.0955. The standard InChI is InChI=1S/C17H18N2O2/c1-3-21-16-10-5-4-8-15(16)12-18-19-17(20)14-9-6-7-13(2)11-14/h4-12H,3H2,1-2H3,(H,19,20). The van der Waals surface area contributed by atoms with Crippen molar-refractivity contribution in [1.29, 1.82) is 0 Å². The normalized spacial score (nSPS) is 10.6. The molecule has 0 aliphatic rings. The van der Waals surface area contributed by atoms with E-state index in [1.165, 1.54) is 0 Å². The number of amides is 1. The predicted octanol–water partition coefficient (Wildman–Crippen LogP) is 3.16. The number of hydrogen-bond donors (Lipinski definition) is 1. The van der Waals surface area contributed by atoms with Crippen LogP contribution >= 0.6 is 0 Å².